The Balaban J connectivity index is 2.50. The first-order valence-electron chi connectivity index (χ1n) is 3.52. The van der Waals surface area contributed by atoms with Gasteiger partial charge in [0.05, 0.1) is 13.7 Å². The van der Waals surface area contributed by atoms with Crippen LogP contribution in [0.15, 0.2) is 36.4 Å². The van der Waals surface area contributed by atoms with E-state index in [1.165, 1.54) is 5.56 Å². The number of benzene rings is 1. The van der Waals surface area contributed by atoms with Crippen LogP contribution in [0.2, 0.25) is 0 Å². The smallest absolute Gasteiger partial charge is 0.0704 e. The van der Waals surface area contributed by atoms with Crippen LogP contribution in [-0.4, -0.2) is 6.61 Å². The first-order valence-corrected chi connectivity index (χ1v) is 3.52. The molecule has 0 bridgehead atoms. The second kappa shape index (κ2) is 4.69. The van der Waals surface area contributed by atoms with Gasteiger partial charge in [-0.05, 0) is 5.56 Å². The van der Waals surface area contributed by atoms with Gasteiger partial charge in [-0.25, -0.2) is 0 Å². The SMILES string of the molecule is [CH2]OC/C=C/c1ccccc1. The van der Waals surface area contributed by atoms with E-state index in [4.69, 9.17) is 0 Å². The van der Waals surface area contributed by atoms with Gasteiger partial charge in [-0.2, -0.15) is 0 Å². The molecule has 1 radical (unpaired) electrons. The first kappa shape index (κ1) is 8.02. The fourth-order valence-corrected chi connectivity index (χ4v) is 0.816. The third-order valence-corrected chi connectivity index (χ3v) is 1.32. The van der Waals surface area contributed by atoms with Gasteiger partial charge in [0.2, 0.25) is 0 Å². The number of ether oxygens (including phenoxy) is 1. The molecule has 0 N–H and O–H groups in total. The van der Waals surface area contributed by atoms with Gasteiger partial charge in [0.25, 0.3) is 0 Å². The Labute approximate surface area is 67.3 Å². The van der Waals surface area contributed by atoms with E-state index in [0.29, 0.717) is 6.61 Å². The molecule has 1 rings (SSSR count). The van der Waals surface area contributed by atoms with E-state index in [9.17, 15) is 0 Å². The van der Waals surface area contributed by atoms with Crippen LogP contribution in [0.5, 0.6) is 0 Å². The van der Waals surface area contributed by atoms with Crippen molar-refractivity contribution in [2.75, 3.05) is 6.61 Å². The van der Waals surface area contributed by atoms with Crippen molar-refractivity contribution in [3.63, 3.8) is 0 Å². The first-order chi connectivity index (χ1) is 5.43. The summed E-state index contributed by atoms with van der Waals surface area (Å²) in [4.78, 5) is 0. The summed E-state index contributed by atoms with van der Waals surface area (Å²) < 4.78 is 4.63. The van der Waals surface area contributed by atoms with Crippen molar-refractivity contribution < 1.29 is 4.74 Å². The van der Waals surface area contributed by atoms with E-state index < -0.39 is 0 Å². The lowest BCUT2D eigenvalue weighted by Gasteiger charge is -1.90. The van der Waals surface area contributed by atoms with Crippen molar-refractivity contribution in [3.8, 4) is 0 Å². The highest BCUT2D eigenvalue weighted by atomic mass is 16.5. The molecule has 1 nitrogen and oxygen atoms in total. The summed E-state index contributed by atoms with van der Waals surface area (Å²) in [5.41, 5.74) is 1.18. The summed E-state index contributed by atoms with van der Waals surface area (Å²) in [6, 6.07) is 10.1. The van der Waals surface area contributed by atoms with Crippen LogP contribution in [0.1, 0.15) is 5.56 Å². The van der Waals surface area contributed by atoms with Gasteiger partial charge in [0.15, 0.2) is 0 Å². The molecule has 0 atom stereocenters. The minimum atomic E-state index is 0.564. The van der Waals surface area contributed by atoms with Gasteiger partial charge in [-0.3, -0.25) is 0 Å². The second-order valence-electron chi connectivity index (χ2n) is 2.18. The quantitative estimate of drug-likeness (QED) is 0.638. The van der Waals surface area contributed by atoms with Crippen molar-refractivity contribution >= 4 is 6.08 Å². The molecule has 57 valence electrons. The predicted octanol–water partition coefficient (Wildman–Crippen LogP) is 2.51. The predicted molar refractivity (Wildman–Crippen MR) is 46.8 cm³/mol. The maximum atomic E-state index is 4.63. The Hall–Kier alpha value is -1.08. The lowest BCUT2D eigenvalue weighted by molar-refractivity contribution is 0.282. The minimum Gasteiger partial charge on any atom is -0.375 e. The zero-order chi connectivity index (χ0) is 7.94. The lowest BCUT2D eigenvalue weighted by atomic mass is 10.2. The van der Waals surface area contributed by atoms with Crippen LogP contribution in [0, 0.1) is 7.11 Å². The molecule has 1 aromatic rings. The van der Waals surface area contributed by atoms with E-state index in [1.54, 1.807) is 0 Å². The summed E-state index contributed by atoms with van der Waals surface area (Å²) in [5.74, 6) is 0. The van der Waals surface area contributed by atoms with Crippen molar-refractivity contribution in [2.24, 2.45) is 0 Å². The standard InChI is InChI=1S/C10H11O/c1-11-9-5-8-10-6-3-2-4-7-10/h2-8H,1,9H2/b8-5+. The lowest BCUT2D eigenvalue weighted by Crippen LogP contribution is -1.77. The fourth-order valence-electron chi connectivity index (χ4n) is 0.816. The summed E-state index contributed by atoms with van der Waals surface area (Å²) >= 11 is 0. The molecular formula is C10H11O. The van der Waals surface area contributed by atoms with Crippen LogP contribution >= 0.6 is 0 Å². The summed E-state index contributed by atoms with van der Waals surface area (Å²) in [7, 11) is 3.27. The molecule has 0 aliphatic heterocycles. The molecule has 0 fully saturated rings. The van der Waals surface area contributed by atoms with Crippen molar-refractivity contribution in [1.82, 2.24) is 0 Å². The van der Waals surface area contributed by atoms with Gasteiger partial charge in [0, 0.05) is 0 Å². The van der Waals surface area contributed by atoms with Gasteiger partial charge < -0.3 is 4.74 Å². The topological polar surface area (TPSA) is 9.23 Å². The number of hydrogen-bond acceptors (Lipinski definition) is 1. The van der Waals surface area contributed by atoms with Crippen LogP contribution in [0.4, 0.5) is 0 Å². The van der Waals surface area contributed by atoms with E-state index in [2.05, 4.69) is 11.8 Å². The molecule has 0 unspecified atom stereocenters. The molecule has 1 heteroatoms. The summed E-state index contributed by atoms with van der Waals surface area (Å²) in [5, 5.41) is 0. The molecule has 0 amide bonds. The van der Waals surface area contributed by atoms with Crippen LogP contribution in [0.25, 0.3) is 6.08 Å². The highest BCUT2D eigenvalue weighted by Gasteiger charge is 1.80. The minimum absolute atomic E-state index is 0.564. The molecule has 0 saturated carbocycles. The van der Waals surface area contributed by atoms with E-state index in [-0.39, 0.29) is 0 Å². The van der Waals surface area contributed by atoms with Crippen molar-refractivity contribution in [1.29, 1.82) is 0 Å². The second-order valence-corrected chi connectivity index (χ2v) is 2.18. The monoisotopic (exact) mass is 147 g/mol. The van der Waals surface area contributed by atoms with Crippen LogP contribution < -0.4 is 0 Å². The van der Waals surface area contributed by atoms with Gasteiger partial charge in [-0.1, -0.05) is 42.5 Å². The Morgan fingerprint density at radius 1 is 1.27 bits per heavy atom. The van der Waals surface area contributed by atoms with Crippen LogP contribution in [-0.2, 0) is 4.74 Å². The third-order valence-electron chi connectivity index (χ3n) is 1.32. The summed E-state index contributed by atoms with van der Waals surface area (Å²) in [6.45, 7) is 0.564. The van der Waals surface area contributed by atoms with Crippen molar-refractivity contribution in [2.45, 2.75) is 0 Å². The maximum absolute atomic E-state index is 4.63. The molecule has 0 aliphatic carbocycles. The fraction of sp³-hybridized carbons (Fsp3) is 0.100. The molecule has 0 aromatic heterocycles. The highest BCUT2D eigenvalue weighted by Crippen LogP contribution is 2.00. The maximum Gasteiger partial charge on any atom is 0.0704 e. The molecule has 1 aromatic carbocycles. The van der Waals surface area contributed by atoms with Crippen molar-refractivity contribution in [3.05, 3.63) is 49.1 Å². The molecule has 11 heavy (non-hydrogen) atoms. The molecule has 0 spiro atoms. The van der Waals surface area contributed by atoms with Gasteiger partial charge >= 0.3 is 0 Å². The molecule has 0 aliphatic rings. The Morgan fingerprint density at radius 2 is 2.00 bits per heavy atom. The molecular weight excluding hydrogens is 136 g/mol. The zero-order valence-corrected chi connectivity index (χ0v) is 6.36. The Morgan fingerprint density at radius 3 is 2.64 bits per heavy atom. The van der Waals surface area contributed by atoms with Crippen LogP contribution in [0.3, 0.4) is 0 Å². The van der Waals surface area contributed by atoms with Gasteiger partial charge in [0.1, 0.15) is 0 Å². The molecule has 0 heterocycles. The summed E-state index contributed by atoms with van der Waals surface area (Å²) in [6.07, 6.45) is 3.94. The largest absolute Gasteiger partial charge is 0.375 e. The third kappa shape index (κ3) is 3.01. The van der Waals surface area contributed by atoms with Gasteiger partial charge in [-0.15, -0.1) is 0 Å². The average Bonchev–Trinajstić information content (AvgIpc) is 2.07. The number of rotatable bonds is 3. The molecule has 0 saturated heterocycles. The number of hydrogen-bond donors (Lipinski definition) is 0. The van der Waals surface area contributed by atoms with E-state index >= 15 is 0 Å². The Bertz CT molecular complexity index is 214. The highest BCUT2D eigenvalue weighted by molar-refractivity contribution is 5.48. The average molecular weight is 147 g/mol. The van der Waals surface area contributed by atoms with E-state index in [1.807, 2.05) is 42.5 Å². The normalized spacial score (nSPS) is 10.6. The zero-order valence-electron chi connectivity index (χ0n) is 6.36. The van der Waals surface area contributed by atoms with E-state index in [0.717, 1.165) is 0 Å². The Kier molecular flexibility index (Phi) is 3.42.